The lowest BCUT2D eigenvalue weighted by molar-refractivity contribution is 0.522. The van der Waals surface area contributed by atoms with Gasteiger partial charge in [0.1, 0.15) is 5.82 Å². The molecule has 0 amide bonds. The van der Waals surface area contributed by atoms with Gasteiger partial charge in [-0.05, 0) is 62.1 Å². The van der Waals surface area contributed by atoms with E-state index in [9.17, 15) is 4.39 Å². The van der Waals surface area contributed by atoms with Gasteiger partial charge < -0.3 is 5.32 Å². The van der Waals surface area contributed by atoms with Gasteiger partial charge in [-0.25, -0.2) is 4.39 Å². The third-order valence-electron chi connectivity index (χ3n) is 3.82. The van der Waals surface area contributed by atoms with Crippen molar-refractivity contribution in [1.82, 2.24) is 5.32 Å². The van der Waals surface area contributed by atoms with Crippen LogP contribution in [0.2, 0.25) is 0 Å². The summed E-state index contributed by atoms with van der Waals surface area (Å²) in [4.78, 5) is 0. The predicted molar refractivity (Wildman–Crippen MR) is 87.1 cm³/mol. The summed E-state index contributed by atoms with van der Waals surface area (Å²) in [7, 11) is 0. The molecule has 2 heteroatoms. The van der Waals surface area contributed by atoms with E-state index in [1.807, 2.05) is 13.0 Å². The second-order valence-corrected chi connectivity index (χ2v) is 5.70. The van der Waals surface area contributed by atoms with Crippen LogP contribution in [0.5, 0.6) is 0 Å². The maximum absolute atomic E-state index is 13.6. The van der Waals surface area contributed by atoms with Gasteiger partial charge in [0.05, 0.1) is 0 Å². The first kappa shape index (κ1) is 15.7. The highest BCUT2D eigenvalue weighted by atomic mass is 19.1. The number of rotatable bonds is 6. The van der Waals surface area contributed by atoms with Gasteiger partial charge in [-0.3, -0.25) is 0 Å². The van der Waals surface area contributed by atoms with Crippen LogP contribution in [0, 0.1) is 19.7 Å². The summed E-state index contributed by atoms with van der Waals surface area (Å²) in [5.41, 5.74) is 4.73. The summed E-state index contributed by atoms with van der Waals surface area (Å²) < 4.78 is 13.6. The van der Waals surface area contributed by atoms with Crippen LogP contribution in [0.25, 0.3) is 0 Å². The predicted octanol–water partition coefficient (Wildman–Crippen LogP) is 4.73. The minimum Gasteiger partial charge on any atom is -0.310 e. The van der Waals surface area contributed by atoms with Crippen LogP contribution >= 0.6 is 0 Å². The molecule has 0 heterocycles. The van der Waals surface area contributed by atoms with E-state index in [0.717, 1.165) is 30.5 Å². The van der Waals surface area contributed by atoms with Crippen LogP contribution in [0.15, 0.2) is 42.5 Å². The highest BCUT2D eigenvalue weighted by Gasteiger charge is 2.14. The van der Waals surface area contributed by atoms with E-state index in [-0.39, 0.29) is 11.9 Å². The zero-order chi connectivity index (χ0) is 15.2. The lowest BCUT2D eigenvalue weighted by Gasteiger charge is -2.21. The van der Waals surface area contributed by atoms with Crippen molar-refractivity contribution in [2.24, 2.45) is 0 Å². The van der Waals surface area contributed by atoms with E-state index in [0.29, 0.717) is 0 Å². The standard InChI is InChI=1S/C19H24FN/c1-4-11-21-19(12-16-8-5-14(2)6-9-16)18-13-17(20)10-7-15(18)3/h5-10,13,19,21H,4,11-12H2,1-3H3. The summed E-state index contributed by atoms with van der Waals surface area (Å²) >= 11 is 0. The Morgan fingerprint density at radius 2 is 1.76 bits per heavy atom. The van der Waals surface area contributed by atoms with E-state index >= 15 is 0 Å². The number of hydrogen-bond donors (Lipinski definition) is 1. The molecule has 0 bridgehead atoms. The molecule has 112 valence electrons. The van der Waals surface area contributed by atoms with E-state index in [4.69, 9.17) is 0 Å². The summed E-state index contributed by atoms with van der Waals surface area (Å²) in [6.45, 7) is 7.22. The average molecular weight is 285 g/mol. The molecule has 0 saturated heterocycles. The Labute approximate surface area is 127 Å². The molecule has 0 aliphatic heterocycles. The highest BCUT2D eigenvalue weighted by Crippen LogP contribution is 2.23. The third-order valence-corrected chi connectivity index (χ3v) is 3.82. The molecule has 1 nitrogen and oxygen atoms in total. The van der Waals surface area contributed by atoms with Crippen LogP contribution in [-0.4, -0.2) is 6.54 Å². The van der Waals surface area contributed by atoms with Gasteiger partial charge in [0.15, 0.2) is 0 Å². The molecule has 0 fully saturated rings. The van der Waals surface area contributed by atoms with E-state index in [2.05, 4.69) is 43.4 Å². The van der Waals surface area contributed by atoms with Crippen molar-refractivity contribution >= 4 is 0 Å². The summed E-state index contributed by atoms with van der Waals surface area (Å²) in [5, 5.41) is 3.55. The van der Waals surface area contributed by atoms with Crippen molar-refractivity contribution in [3.63, 3.8) is 0 Å². The molecule has 0 spiro atoms. The monoisotopic (exact) mass is 285 g/mol. The van der Waals surface area contributed by atoms with E-state index < -0.39 is 0 Å². The lowest BCUT2D eigenvalue weighted by atomic mass is 9.94. The smallest absolute Gasteiger partial charge is 0.123 e. The van der Waals surface area contributed by atoms with Crippen LogP contribution < -0.4 is 5.32 Å². The normalized spacial score (nSPS) is 12.4. The van der Waals surface area contributed by atoms with Gasteiger partial charge in [0, 0.05) is 6.04 Å². The molecule has 1 N–H and O–H groups in total. The fourth-order valence-corrected chi connectivity index (χ4v) is 2.56. The van der Waals surface area contributed by atoms with E-state index in [1.54, 1.807) is 6.07 Å². The number of aryl methyl sites for hydroxylation is 2. The third kappa shape index (κ3) is 4.40. The average Bonchev–Trinajstić information content (AvgIpc) is 2.48. The molecular weight excluding hydrogens is 261 g/mol. The highest BCUT2D eigenvalue weighted by molar-refractivity contribution is 5.32. The molecule has 1 unspecified atom stereocenters. The molecule has 0 aromatic heterocycles. The minimum absolute atomic E-state index is 0.156. The Hall–Kier alpha value is -1.67. The Morgan fingerprint density at radius 1 is 1.05 bits per heavy atom. The quantitative estimate of drug-likeness (QED) is 0.809. The number of halogens is 1. The Morgan fingerprint density at radius 3 is 2.43 bits per heavy atom. The maximum Gasteiger partial charge on any atom is 0.123 e. The molecule has 1 atom stereocenters. The van der Waals surface area contributed by atoms with Gasteiger partial charge in [-0.1, -0.05) is 42.8 Å². The van der Waals surface area contributed by atoms with Crippen molar-refractivity contribution in [3.05, 3.63) is 70.5 Å². The molecule has 0 aliphatic carbocycles. The number of hydrogen-bond acceptors (Lipinski definition) is 1. The summed E-state index contributed by atoms with van der Waals surface area (Å²) in [5.74, 6) is -0.164. The number of nitrogens with one attached hydrogen (secondary N) is 1. The van der Waals surface area contributed by atoms with Gasteiger partial charge >= 0.3 is 0 Å². The topological polar surface area (TPSA) is 12.0 Å². The minimum atomic E-state index is -0.164. The fraction of sp³-hybridized carbons (Fsp3) is 0.368. The first-order valence-electron chi connectivity index (χ1n) is 7.65. The Bertz CT molecular complexity index is 575. The molecule has 0 saturated carbocycles. The molecule has 2 aromatic carbocycles. The van der Waals surface area contributed by atoms with E-state index in [1.165, 1.54) is 17.2 Å². The Kier molecular flexibility index (Phi) is 5.51. The van der Waals surface area contributed by atoms with Crippen molar-refractivity contribution in [2.75, 3.05) is 6.54 Å². The van der Waals surface area contributed by atoms with Crippen LogP contribution in [0.1, 0.15) is 41.6 Å². The first-order valence-corrected chi connectivity index (χ1v) is 7.65. The SMILES string of the molecule is CCCNC(Cc1ccc(C)cc1)c1cc(F)ccc1C. The zero-order valence-corrected chi connectivity index (χ0v) is 13.1. The van der Waals surface area contributed by atoms with Crippen LogP contribution in [-0.2, 0) is 6.42 Å². The molecular formula is C19H24FN. The summed E-state index contributed by atoms with van der Waals surface area (Å²) in [6, 6.07) is 13.8. The van der Waals surface area contributed by atoms with Crippen molar-refractivity contribution < 1.29 is 4.39 Å². The second kappa shape index (κ2) is 7.37. The molecule has 0 radical (unpaired) electrons. The first-order chi connectivity index (χ1) is 10.1. The molecule has 2 rings (SSSR count). The Balaban J connectivity index is 2.25. The van der Waals surface area contributed by atoms with Crippen LogP contribution in [0.4, 0.5) is 4.39 Å². The zero-order valence-electron chi connectivity index (χ0n) is 13.1. The van der Waals surface area contributed by atoms with Gasteiger partial charge in [0.25, 0.3) is 0 Å². The van der Waals surface area contributed by atoms with Crippen molar-refractivity contribution in [1.29, 1.82) is 0 Å². The maximum atomic E-state index is 13.6. The molecule has 21 heavy (non-hydrogen) atoms. The lowest BCUT2D eigenvalue weighted by Crippen LogP contribution is -2.25. The molecule has 0 aliphatic rings. The van der Waals surface area contributed by atoms with Crippen LogP contribution in [0.3, 0.4) is 0 Å². The van der Waals surface area contributed by atoms with Gasteiger partial charge in [0.2, 0.25) is 0 Å². The fourth-order valence-electron chi connectivity index (χ4n) is 2.56. The van der Waals surface area contributed by atoms with Crippen molar-refractivity contribution in [2.45, 2.75) is 39.7 Å². The number of benzene rings is 2. The van der Waals surface area contributed by atoms with Gasteiger partial charge in [-0.15, -0.1) is 0 Å². The second-order valence-electron chi connectivity index (χ2n) is 5.70. The van der Waals surface area contributed by atoms with Crippen molar-refractivity contribution in [3.8, 4) is 0 Å². The largest absolute Gasteiger partial charge is 0.310 e. The van der Waals surface area contributed by atoms with Gasteiger partial charge in [-0.2, -0.15) is 0 Å². The summed E-state index contributed by atoms with van der Waals surface area (Å²) in [6.07, 6.45) is 1.95. The molecule has 2 aromatic rings.